The molecular weight excluding hydrogens is 319 g/mol. The molecule has 1 aromatic carbocycles. The van der Waals surface area contributed by atoms with Gasteiger partial charge in [-0.15, -0.1) is 0 Å². The van der Waals surface area contributed by atoms with E-state index in [2.05, 4.69) is 4.72 Å². The second kappa shape index (κ2) is 7.93. The van der Waals surface area contributed by atoms with Crippen molar-refractivity contribution >= 4 is 27.3 Å². The number of hydrogen-bond acceptors (Lipinski definition) is 4. The Kier molecular flexibility index (Phi) is 6.86. The van der Waals surface area contributed by atoms with Gasteiger partial charge in [-0.25, -0.2) is 17.5 Å². The topological polar surface area (TPSA) is 81.4 Å². The molecule has 0 unspecified atom stereocenters. The molecule has 1 aromatic rings. The molecule has 0 radical (unpaired) electrons. The van der Waals surface area contributed by atoms with Crippen LogP contribution in [-0.4, -0.2) is 27.7 Å². The largest absolute Gasteiger partial charge is 0.396 e. The first-order valence-electron chi connectivity index (χ1n) is 6.60. The number of halogens is 2. The summed E-state index contributed by atoms with van der Waals surface area (Å²) in [6.07, 6.45) is 1.52. The van der Waals surface area contributed by atoms with Crippen LogP contribution in [-0.2, 0) is 14.8 Å². The highest BCUT2D eigenvalue weighted by Crippen LogP contribution is 2.26. The molecule has 0 heterocycles. The van der Waals surface area contributed by atoms with Gasteiger partial charge in [0.25, 0.3) is 0 Å². The summed E-state index contributed by atoms with van der Waals surface area (Å²) in [5.74, 6) is -0.746. The van der Waals surface area contributed by atoms with Crippen LogP contribution in [0.3, 0.4) is 0 Å². The normalized spacial score (nSPS) is 12.0. The second-order valence-corrected chi connectivity index (χ2v) is 6.97. The van der Waals surface area contributed by atoms with Gasteiger partial charge in [-0.3, -0.25) is 0 Å². The highest BCUT2D eigenvalue weighted by atomic mass is 35.5. The van der Waals surface area contributed by atoms with Crippen molar-refractivity contribution in [1.82, 2.24) is 4.72 Å². The van der Waals surface area contributed by atoms with Crippen LogP contribution in [0, 0.1) is 5.82 Å². The summed E-state index contributed by atoms with van der Waals surface area (Å²) in [5, 5.41) is -0.197. The van der Waals surface area contributed by atoms with Crippen LogP contribution < -0.4 is 10.5 Å². The van der Waals surface area contributed by atoms with Gasteiger partial charge >= 0.3 is 0 Å². The van der Waals surface area contributed by atoms with Crippen LogP contribution in [0.25, 0.3) is 0 Å². The third-order valence-electron chi connectivity index (χ3n) is 2.66. The number of anilines is 1. The maximum atomic E-state index is 13.2. The molecule has 0 aliphatic heterocycles. The van der Waals surface area contributed by atoms with E-state index in [-0.39, 0.29) is 28.3 Å². The van der Waals surface area contributed by atoms with E-state index >= 15 is 0 Å². The molecule has 1 rings (SSSR count). The highest BCUT2D eigenvalue weighted by molar-refractivity contribution is 7.89. The fourth-order valence-corrected chi connectivity index (χ4v) is 3.20. The third-order valence-corrected chi connectivity index (χ3v) is 4.58. The molecule has 0 atom stereocenters. The minimum absolute atomic E-state index is 0.155. The Hall–Kier alpha value is -0.890. The predicted octanol–water partition coefficient (Wildman–Crippen LogP) is 2.54. The first-order chi connectivity index (χ1) is 9.74. The first kappa shape index (κ1) is 18.2. The summed E-state index contributed by atoms with van der Waals surface area (Å²) >= 11 is 5.75. The maximum Gasteiger partial charge on any atom is 0.242 e. The van der Waals surface area contributed by atoms with Gasteiger partial charge in [0.15, 0.2) is 0 Å². The zero-order valence-electron chi connectivity index (χ0n) is 12.0. The molecule has 0 bridgehead atoms. The number of nitrogens with one attached hydrogen (secondary N) is 1. The van der Waals surface area contributed by atoms with E-state index in [1.165, 1.54) is 0 Å². The summed E-state index contributed by atoms with van der Waals surface area (Å²) in [6.45, 7) is 4.69. The van der Waals surface area contributed by atoms with Gasteiger partial charge in [-0.1, -0.05) is 11.6 Å². The van der Waals surface area contributed by atoms with Gasteiger partial charge in [-0.05, 0) is 38.8 Å². The number of hydrogen-bond donors (Lipinski definition) is 2. The van der Waals surface area contributed by atoms with E-state index in [1.807, 2.05) is 13.8 Å². The Balaban J connectivity index is 2.56. The number of benzene rings is 1. The van der Waals surface area contributed by atoms with Crippen LogP contribution >= 0.6 is 11.6 Å². The van der Waals surface area contributed by atoms with Crippen LogP contribution in [0.1, 0.15) is 26.7 Å². The zero-order chi connectivity index (χ0) is 16.0. The molecule has 21 heavy (non-hydrogen) atoms. The number of nitrogens with two attached hydrogens (primary N) is 1. The molecule has 0 aromatic heterocycles. The van der Waals surface area contributed by atoms with Crippen LogP contribution in [0.2, 0.25) is 5.02 Å². The van der Waals surface area contributed by atoms with Crippen molar-refractivity contribution in [3.63, 3.8) is 0 Å². The van der Waals surface area contributed by atoms with Crippen molar-refractivity contribution in [3.8, 4) is 0 Å². The lowest BCUT2D eigenvalue weighted by Crippen LogP contribution is -2.25. The van der Waals surface area contributed by atoms with E-state index in [0.717, 1.165) is 18.6 Å². The molecule has 0 spiro atoms. The van der Waals surface area contributed by atoms with Crippen LogP contribution in [0.4, 0.5) is 10.1 Å². The highest BCUT2D eigenvalue weighted by Gasteiger charge is 2.19. The molecule has 0 fully saturated rings. The third kappa shape index (κ3) is 5.78. The molecule has 120 valence electrons. The van der Waals surface area contributed by atoms with E-state index in [9.17, 15) is 12.8 Å². The Morgan fingerprint density at radius 3 is 2.67 bits per heavy atom. The smallest absolute Gasteiger partial charge is 0.242 e. The van der Waals surface area contributed by atoms with E-state index in [4.69, 9.17) is 22.1 Å². The van der Waals surface area contributed by atoms with Crippen LogP contribution in [0.5, 0.6) is 0 Å². The van der Waals surface area contributed by atoms with Crippen molar-refractivity contribution in [1.29, 1.82) is 0 Å². The quantitative estimate of drug-likeness (QED) is 0.563. The SMILES string of the molecule is CC(C)OCCCCNS(=O)(=O)c1cc(N)c(F)cc1Cl. The molecular formula is C13H20ClFN2O3S. The standard InChI is InChI=1S/C13H20ClFN2O3S/c1-9(2)20-6-4-3-5-17-21(18,19)13-8-12(16)11(15)7-10(13)14/h7-9,17H,3-6,16H2,1-2H3. The van der Waals surface area contributed by atoms with E-state index in [1.54, 1.807) is 0 Å². The van der Waals surface area contributed by atoms with E-state index < -0.39 is 15.8 Å². The minimum atomic E-state index is -3.80. The molecule has 0 saturated heterocycles. The van der Waals surface area contributed by atoms with Crippen molar-refractivity contribution < 1.29 is 17.5 Å². The van der Waals surface area contributed by atoms with Gasteiger partial charge < -0.3 is 10.5 Å². The average Bonchev–Trinajstić information content (AvgIpc) is 2.37. The zero-order valence-corrected chi connectivity index (χ0v) is 13.6. The first-order valence-corrected chi connectivity index (χ1v) is 8.46. The number of nitrogen functional groups attached to an aromatic ring is 1. The molecule has 3 N–H and O–H groups in total. The minimum Gasteiger partial charge on any atom is -0.396 e. The molecule has 5 nitrogen and oxygen atoms in total. The van der Waals surface area contributed by atoms with Crippen LogP contribution in [0.15, 0.2) is 17.0 Å². The Morgan fingerprint density at radius 1 is 1.38 bits per heavy atom. The molecule has 8 heteroatoms. The maximum absolute atomic E-state index is 13.2. The van der Waals surface area contributed by atoms with Gasteiger partial charge in [-0.2, -0.15) is 0 Å². The molecule has 0 aliphatic carbocycles. The van der Waals surface area contributed by atoms with Crippen molar-refractivity contribution in [2.75, 3.05) is 18.9 Å². The number of rotatable bonds is 8. The van der Waals surface area contributed by atoms with Crippen molar-refractivity contribution in [2.24, 2.45) is 0 Å². The summed E-state index contributed by atoms with van der Waals surface area (Å²) in [6, 6.07) is 1.91. The van der Waals surface area contributed by atoms with Gasteiger partial charge in [0, 0.05) is 13.2 Å². The lowest BCUT2D eigenvalue weighted by atomic mass is 10.3. The van der Waals surface area contributed by atoms with Crippen molar-refractivity contribution in [2.45, 2.75) is 37.7 Å². The summed E-state index contributed by atoms with van der Waals surface area (Å²) < 4.78 is 45.0. The average molecular weight is 339 g/mol. The Bertz CT molecular complexity index is 579. The molecule has 0 aliphatic rings. The van der Waals surface area contributed by atoms with Gasteiger partial charge in [0.2, 0.25) is 10.0 Å². The lowest BCUT2D eigenvalue weighted by Gasteiger charge is -2.10. The molecule has 0 amide bonds. The number of ether oxygens (including phenoxy) is 1. The fraction of sp³-hybridized carbons (Fsp3) is 0.538. The lowest BCUT2D eigenvalue weighted by molar-refractivity contribution is 0.0762. The number of sulfonamides is 1. The van der Waals surface area contributed by atoms with Gasteiger partial charge in [0.05, 0.1) is 16.8 Å². The fourth-order valence-electron chi connectivity index (χ4n) is 1.58. The summed E-state index contributed by atoms with van der Waals surface area (Å²) in [4.78, 5) is -0.221. The predicted molar refractivity (Wildman–Crippen MR) is 81.3 cm³/mol. The Morgan fingerprint density at radius 2 is 2.05 bits per heavy atom. The number of unbranched alkanes of at least 4 members (excludes halogenated alkanes) is 1. The monoisotopic (exact) mass is 338 g/mol. The summed E-state index contributed by atoms with van der Waals surface area (Å²) in [5.41, 5.74) is 5.11. The summed E-state index contributed by atoms with van der Waals surface area (Å²) in [7, 11) is -3.80. The van der Waals surface area contributed by atoms with Crippen molar-refractivity contribution in [3.05, 3.63) is 23.0 Å². The molecule has 0 saturated carbocycles. The van der Waals surface area contributed by atoms with E-state index in [0.29, 0.717) is 13.0 Å². The second-order valence-electron chi connectivity index (χ2n) is 4.83. The van der Waals surface area contributed by atoms with Gasteiger partial charge in [0.1, 0.15) is 10.7 Å². The Labute approximate surface area is 129 Å².